The third kappa shape index (κ3) is 3.10. The highest BCUT2D eigenvalue weighted by molar-refractivity contribution is 5.75. The Kier molecular flexibility index (Phi) is 4.55. The molecule has 0 fully saturated rings. The van der Waals surface area contributed by atoms with Gasteiger partial charge in [-0.15, -0.1) is 0 Å². The van der Waals surface area contributed by atoms with Crippen LogP contribution in [0.5, 0.6) is 0 Å². The van der Waals surface area contributed by atoms with Crippen molar-refractivity contribution in [2.75, 3.05) is 7.11 Å². The number of aromatic nitrogens is 1. The molecule has 1 heterocycles. The summed E-state index contributed by atoms with van der Waals surface area (Å²) in [5.74, 6) is 0.0110. The first-order valence-electron chi connectivity index (χ1n) is 5.47. The monoisotopic (exact) mass is 224 g/mol. The molecular weight excluding hydrogens is 204 g/mol. The van der Waals surface area contributed by atoms with Crippen molar-refractivity contribution in [1.82, 2.24) is 9.88 Å². The normalized spacial score (nSPS) is 12.8. The smallest absolute Gasteiger partial charge is 0.323 e. The number of nitrogens with zero attached hydrogens (tertiary/aromatic N) is 1. The van der Waals surface area contributed by atoms with E-state index in [0.29, 0.717) is 6.54 Å². The van der Waals surface area contributed by atoms with Crippen LogP contribution in [0.1, 0.15) is 19.5 Å². The van der Waals surface area contributed by atoms with Crippen LogP contribution in [0.3, 0.4) is 0 Å². The molecule has 16 heavy (non-hydrogen) atoms. The molecular formula is C12H20N2O2. The Morgan fingerprint density at radius 1 is 1.56 bits per heavy atom. The van der Waals surface area contributed by atoms with Crippen LogP contribution in [0.25, 0.3) is 0 Å². The van der Waals surface area contributed by atoms with Crippen LogP contribution in [-0.2, 0) is 23.1 Å². The summed E-state index contributed by atoms with van der Waals surface area (Å²) in [7, 11) is 3.40. The zero-order valence-electron chi connectivity index (χ0n) is 10.4. The molecule has 4 heteroatoms. The summed E-state index contributed by atoms with van der Waals surface area (Å²) in [4.78, 5) is 11.5. The van der Waals surface area contributed by atoms with Gasteiger partial charge in [-0.1, -0.05) is 13.8 Å². The van der Waals surface area contributed by atoms with E-state index in [1.807, 2.05) is 43.8 Å². The fourth-order valence-electron chi connectivity index (χ4n) is 1.61. The molecule has 0 aliphatic heterocycles. The van der Waals surface area contributed by atoms with Crippen molar-refractivity contribution < 1.29 is 9.53 Å². The predicted molar refractivity (Wildman–Crippen MR) is 62.9 cm³/mol. The van der Waals surface area contributed by atoms with E-state index in [0.717, 1.165) is 5.69 Å². The lowest BCUT2D eigenvalue weighted by Gasteiger charge is -2.19. The predicted octanol–water partition coefficient (Wildman–Crippen LogP) is 1.31. The Balaban J connectivity index is 2.57. The molecule has 0 radical (unpaired) electrons. The summed E-state index contributed by atoms with van der Waals surface area (Å²) < 4.78 is 6.79. The number of nitrogens with one attached hydrogen (secondary N) is 1. The minimum Gasteiger partial charge on any atom is -0.468 e. The van der Waals surface area contributed by atoms with Crippen molar-refractivity contribution in [3.63, 3.8) is 0 Å². The van der Waals surface area contributed by atoms with Crippen LogP contribution in [0, 0.1) is 5.92 Å². The van der Waals surface area contributed by atoms with Crippen LogP contribution in [0.15, 0.2) is 18.3 Å². The minimum atomic E-state index is -0.250. The maximum Gasteiger partial charge on any atom is 0.323 e. The standard InChI is InChI=1S/C12H20N2O2/c1-9(2)11(12(15)16-4)13-8-10-6-5-7-14(10)3/h5-7,9,11,13H,8H2,1-4H3. The summed E-state index contributed by atoms with van der Waals surface area (Å²) in [5, 5.41) is 3.22. The fourth-order valence-corrected chi connectivity index (χ4v) is 1.61. The lowest BCUT2D eigenvalue weighted by Crippen LogP contribution is -2.41. The summed E-state index contributed by atoms with van der Waals surface area (Å²) in [6.45, 7) is 4.67. The lowest BCUT2D eigenvalue weighted by molar-refractivity contribution is -0.144. The Bertz CT molecular complexity index is 345. The number of hydrogen-bond donors (Lipinski definition) is 1. The van der Waals surface area contributed by atoms with E-state index in [2.05, 4.69) is 5.32 Å². The molecule has 1 aromatic heterocycles. The zero-order valence-corrected chi connectivity index (χ0v) is 10.4. The molecule has 4 nitrogen and oxygen atoms in total. The van der Waals surface area contributed by atoms with E-state index < -0.39 is 0 Å². The summed E-state index contributed by atoms with van der Waals surface area (Å²) in [5.41, 5.74) is 1.15. The average Bonchev–Trinajstić information content (AvgIpc) is 2.64. The molecule has 0 aliphatic carbocycles. The van der Waals surface area contributed by atoms with Crippen LogP contribution >= 0.6 is 0 Å². The van der Waals surface area contributed by atoms with Gasteiger partial charge in [0, 0.05) is 25.5 Å². The lowest BCUT2D eigenvalue weighted by atomic mass is 10.0. The topological polar surface area (TPSA) is 43.3 Å². The first kappa shape index (κ1) is 12.8. The van der Waals surface area contributed by atoms with Gasteiger partial charge in [0.25, 0.3) is 0 Å². The summed E-state index contributed by atoms with van der Waals surface area (Å²) >= 11 is 0. The van der Waals surface area contributed by atoms with Crippen LogP contribution in [-0.4, -0.2) is 23.7 Å². The van der Waals surface area contributed by atoms with E-state index in [1.54, 1.807) is 0 Å². The largest absolute Gasteiger partial charge is 0.468 e. The Labute approximate surface area is 96.6 Å². The van der Waals surface area contributed by atoms with Gasteiger partial charge >= 0.3 is 5.97 Å². The quantitative estimate of drug-likeness (QED) is 0.767. The molecule has 90 valence electrons. The highest BCUT2D eigenvalue weighted by Gasteiger charge is 2.22. The molecule has 0 saturated heterocycles. The van der Waals surface area contributed by atoms with Crippen molar-refractivity contribution in [2.45, 2.75) is 26.4 Å². The molecule has 0 saturated carbocycles. The number of ether oxygens (including phenoxy) is 1. The number of esters is 1. The van der Waals surface area contributed by atoms with Gasteiger partial charge in [0.05, 0.1) is 7.11 Å². The molecule has 1 N–H and O–H groups in total. The van der Waals surface area contributed by atoms with Crippen molar-refractivity contribution in [1.29, 1.82) is 0 Å². The van der Waals surface area contributed by atoms with E-state index in [4.69, 9.17) is 4.74 Å². The molecule has 1 aromatic rings. The number of carbonyl (C=O) groups excluding carboxylic acids is 1. The Morgan fingerprint density at radius 3 is 2.69 bits per heavy atom. The molecule has 1 unspecified atom stereocenters. The van der Waals surface area contributed by atoms with Gasteiger partial charge in [0.15, 0.2) is 0 Å². The van der Waals surface area contributed by atoms with Crippen molar-refractivity contribution in [3.05, 3.63) is 24.0 Å². The van der Waals surface area contributed by atoms with Crippen molar-refractivity contribution >= 4 is 5.97 Å². The summed E-state index contributed by atoms with van der Waals surface area (Å²) in [6.07, 6.45) is 1.99. The second-order valence-electron chi connectivity index (χ2n) is 4.24. The third-order valence-corrected chi connectivity index (χ3v) is 2.68. The molecule has 0 aliphatic rings. The first-order chi connectivity index (χ1) is 7.56. The minimum absolute atomic E-state index is 0.204. The van der Waals surface area contributed by atoms with Crippen molar-refractivity contribution in [2.24, 2.45) is 13.0 Å². The second kappa shape index (κ2) is 5.70. The fraction of sp³-hybridized carbons (Fsp3) is 0.583. The molecule has 0 amide bonds. The van der Waals surface area contributed by atoms with Gasteiger partial charge in [-0.2, -0.15) is 0 Å². The highest BCUT2D eigenvalue weighted by Crippen LogP contribution is 2.06. The van der Waals surface area contributed by atoms with Gasteiger partial charge in [0.2, 0.25) is 0 Å². The Morgan fingerprint density at radius 2 is 2.25 bits per heavy atom. The van der Waals surface area contributed by atoms with Gasteiger partial charge in [0.1, 0.15) is 6.04 Å². The number of carbonyl (C=O) groups is 1. The third-order valence-electron chi connectivity index (χ3n) is 2.68. The van der Waals surface area contributed by atoms with E-state index >= 15 is 0 Å². The molecule has 1 atom stereocenters. The second-order valence-corrected chi connectivity index (χ2v) is 4.24. The molecule has 0 aromatic carbocycles. The van der Waals surface area contributed by atoms with Gasteiger partial charge in [-0.25, -0.2) is 0 Å². The average molecular weight is 224 g/mol. The number of methoxy groups -OCH3 is 1. The maximum atomic E-state index is 11.5. The van der Waals surface area contributed by atoms with E-state index in [9.17, 15) is 4.79 Å². The number of rotatable bonds is 5. The summed E-state index contributed by atoms with van der Waals surface area (Å²) in [6, 6.07) is 3.76. The highest BCUT2D eigenvalue weighted by atomic mass is 16.5. The number of hydrogen-bond acceptors (Lipinski definition) is 3. The zero-order chi connectivity index (χ0) is 12.1. The van der Waals surface area contributed by atoms with Gasteiger partial charge in [-0.05, 0) is 18.1 Å². The van der Waals surface area contributed by atoms with Gasteiger partial charge < -0.3 is 9.30 Å². The molecule has 0 bridgehead atoms. The van der Waals surface area contributed by atoms with Crippen LogP contribution < -0.4 is 5.32 Å². The van der Waals surface area contributed by atoms with Crippen molar-refractivity contribution in [3.8, 4) is 0 Å². The van der Waals surface area contributed by atoms with Gasteiger partial charge in [-0.3, -0.25) is 10.1 Å². The molecule has 0 spiro atoms. The van der Waals surface area contributed by atoms with E-state index in [1.165, 1.54) is 7.11 Å². The van der Waals surface area contributed by atoms with E-state index in [-0.39, 0.29) is 17.9 Å². The number of aryl methyl sites for hydroxylation is 1. The van der Waals surface area contributed by atoms with Crippen LogP contribution in [0.2, 0.25) is 0 Å². The SMILES string of the molecule is COC(=O)C(NCc1cccn1C)C(C)C. The maximum absolute atomic E-state index is 11.5. The van der Waals surface area contributed by atoms with Crippen LogP contribution in [0.4, 0.5) is 0 Å². The first-order valence-corrected chi connectivity index (χ1v) is 5.47. The molecule has 1 rings (SSSR count). The Hall–Kier alpha value is -1.29.